The normalized spacial score (nSPS) is 12.5. The van der Waals surface area contributed by atoms with Gasteiger partial charge in [0.25, 0.3) is 5.91 Å². The summed E-state index contributed by atoms with van der Waals surface area (Å²) in [7, 11) is 0. The van der Waals surface area contributed by atoms with Gasteiger partial charge in [-0.15, -0.1) is 12.4 Å². The summed E-state index contributed by atoms with van der Waals surface area (Å²) in [4.78, 5) is 11.4. The maximum atomic E-state index is 11.4. The molecular formula is C22H31ClN2O4. The quantitative estimate of drug-likeness (QED) is 0.431. The van der Waals surface area contributed by atoms with E-state index in [1.54, 1.807) is 0 Å². The number of nitrogens with one attached hydrogen (secondary N) is 1. The Kier molecular flexibility index (Phi) is 11.8. The van der Waals surface area contributed by atoms with E-state index in [1.165, 1.54) is 0 Å². The number of aliphatic hydroxyl groups is 1. The number of benzene rings is 2. The lowest BCUT2D eigenvalue weighted by atomic mass is 10.1. The molecular weight excluding hydrogens is 392 g/mol. The molecule has 0 aliphatic carbocycles. The van der Waals surface area contributed by atoms with Crippen LogP contribution in [0.25, 0.3) is 0 Å². The molecule has 2 aromatic rings. The van der Waals surface area contributed by atoms with E-state index < -0.39 is 18.1 Å². The molecule has 4 N–H and O–H groups in total. The van der Waals surface area contributed by atoms with E-state index in [9.17, 15) is 9.90 Å². The number of primary amides is 1. The predicted molar refractivity (Wildman–Crippen MR) is 117 cm³/mol. The highest BCUT2D eigenvalue weighted by atomic mass is 35.5. The molecule has 6 nitrogen and oxygen atoms in total. The van der Waals surface area contributed by atoms with Gasteiger partial charge in [0.2, 0.25) is 0 Å². The van der Waals surface area contributed by atoms with Crippen LogP contribution in [0.2, 0.25) is 0 Å². The molecule has 0 radical (unpaired) electrons. The third kappa shape index (κ3) is 9.65. The third-order valence-electron chi connectivity index (χ3n) is 4.23. The Balaban J connectivity index is 0.00000420. The highest BCUT2D eigenvalue weighted by molar-refractivity contribution is 5.85. The molecule has 160 valence electrons. The molecule has 0 bridgehead atoms. The number of amides is 1. The highest BCUT2D eigenvalue weighted by Gasteiger charge is 2.15. The number of para-hydroxylation sites is 1. The summed E-state index contributed by atoms with van der Waals surface area (Å²) in [6, 6.07) is 17.1. The van der Waals surface area contributed by atoms with E-state index in [-0.39, 0.29) is 19.0 Å². The molecule has 0 aliphatic heterocycles. The first kappa shape index (κ1) is 24.8. The molecule has 0 aromatic heterocycles. The van der Waals surface area contributed by atoms with Crippen LogP contribution >= 0.6 is 12.4 Å². The van der Waals surface area contributed by atoms with E-state index >= 15 is 0 Å². The maximum Gasteiger partial charge on any atom is 0.258 e. The smallest absolute Gasteiger partial charge is 0.258 e. The molecule has 0 fully saturated rings. The Labute approximate surface area is 178 Å². The summed E-state index contributed by atoms with van der Waals surface area (Å²) in [5.74, 6) is 0.953. The Morgan fingerprint density at radius 2 is 1.79 bits per heavy atom. The molecule has 2 aromatic carbocycles. The average molecular weight is 423 g/mol. The molecule has 0 spiro atoms. The Morgan fingerprint density at radius 1 is 1.10 bits per heavy atom. The first-order chi connectivity index (χ1) is 13.6. The summed E-state index contributed by atoms with van der Waals surface area (Å²) >= 11 is 0. The second kappa shape index (κ2) is 13.8. The lowest BCUT2D eigenvalue weighted by molar-refractivity contribution is -0.125. The maximum absolute atomic E-state index is 11.4. The molecule has 0 saturated heterocycles. The van der Waals surface area contributed by atoms with Crippen molar-refractivity contribution in [2.45, 2.75) is 38.4 Å². The van der Waals surface area contributed by atoms with Crippen LogP contribution in [0.15, 0.2) is 54.6 Å². The average Bonchev–Trinajstić information content (AvgIpc) is 2.71. The van der Waals surface area contributed by atoms with Gasteiger partial charge in [0.1, 0.15) is 24.2 Å². The topological polar surface area (TPSA) is 93.8 Å². The van der Waals surface area contributed by atoms with Gasteiger partial charge in [-0.1, -0.05) is 43.7 Å². The van der Waals surface area contributed by atoms with Crippen molar-refractivity contribution in [3.8, 4) is 11.5 Å². The van der Waals surface area contributed by atoms with Crippen LogP contribution in [-0.2, 0) is 11.2 Å². The zero-order chi connectivity index (χ0) is 20.2. The predicted octanol–water partition coefficient (Wildman–Crippen LogP) is 2.71. The molecule has 0 saturated carbocycles. The second-order valence-electron chi connectivity index (χ2n) is 6.67. The summed E-state index contributed by atoms with van der Waals surface area (Å²) in [5, 5.41) is 13.2. The van der Waals surface area contributed by atoms with Crippen molar-refractivity contribution < 1.29 is 19.4 Å². The van der Waals surface area contributed by atoms with E-state index in [0.29, 0.717) is 18.7 Å². The molecule has 7 heteroatoms. The Hall–Kier alpha value is -2.28. The number of carbonyl (C=O) groups is 1. The zero-order valence-corrected chi connectivity index (χ0v) is 17.6. The zero-order valence-electron chi connectivity index (χ0n) is 16.8. The SMILES string of the molecule is CCCC(Oc1ccc(CCNCC(O)COc2ccccc2)cc1)C(N)=O.Cl. The summed E-state index contributed by atoms with van der Waals surface area (Å²) in [5.41, 5.74) is 6.50. The Bertz CT molecular complexity index is 698. The number of rotatable bonds is 13. The Morgan fingerprint density at radius 3 is 2.41 bits per heavy atom. The number of hydrogen-bond acceptors (Lipinski definition) is 5. The van der Waals surface area contributed by atoms with Gasteiger partial charge >= 0.3 is 0 Å². The van der Waals surface area contributed by atoms with Crippen LogP contribution in [0.5, 0.6) is 11.5 Å². The molecule has 0 heterocycles. The largest absolute Gasteiger partial charge is 0.491 e. The summed E-state index contributed by atoms with van der Waals surface area (Å²) in [6.45, 7) is 3.44. The third-order valence-corrected chi connectivity index (χ3v) is 4.23. The van der Waals surface area contributed by atoms with E-state index in [4.69, 9.17) is 15.2 Å². The fraction of sp³-hybridized carbons (Fsp3) is 0.409. The van der Waals surface area contributed by atoms with Crippen LogP contribution in [0, 0.1) is 0 Å². The van der Waals surface area contributed by atoms with Crippen molar-refractivity contribution in [3.63, 3.8) is 0 Å². The van der Waals surface area contributed by atoms with Crippen molar-refractivity contribution in [2.75, 3.05) is 19.7 Å². The first-order valence-electron chi connectivity index (χ1n) is 9.70. The van der Waals surface area contributed by atoms with Crippen molar-refractivity contribution >= 4 is 18.3 Å². The van der Waals surface area contributed by atoms with Gasteiger partial charge in [0.05, 0.1) is 0 Å². The van der Waals surface area contributed by atoms with Crippen LogP contribution < -0.4 is 20.5 Å². The van der Waals surface area contributed by atoms with Crippen LogP contribution in [0.4, 0.5) is 0 Å². The lowest BCUT2D eigenvalue weighted by Crippen LogP contribution is -2.33. The van der Waals surface area contributed by atoms with Gasteiger partial charge in [-0.05, 0) is 49.2 Å². The van der Waals surface area contributed by atoms with Gasteiger partial charge in [-0.2, -0.15) is 0 Å². The standard InChI is InChI=1S/C22H30N2O4.ClH/c1-2-6-21(22(23)26)28-20-11-9-17(10-12-20)13-14-24-15-18(25)16-27-19-7-4-3-5-8-19;/h3-5,7-12,18,21,24-25H,2,6,13-16H2,1H3,(H2,23,26);1H. The van der Waals surface area contributed by atoms with Gasteiger partial charge in [-0.25, -0.2) is 0 Å². The van der Waals surface area contributed by atoms with Crippen LogP contribution in [0.1, 0.15) is 25.3 Å². The molecule has 2 rings (SSSR count). The lowest BCUT2D eigenvalue weighted by Gasteiger charge is -2.15. The van der Waals surface area contributed by atoms with Crippen molar-refractivity contribution in [1.82, 2.24) is 5.32 Å². The molecule has 1 amide bonds. The van der Waals surface area contributed by atoms with Crippen molar-refractivity contribution in [1.29, 1.82) is 0 Å². The van der Waals surface area contributed by atoms with Crippen molar-refractivity contribution in [2.24, 2.45) is 5.73 Å². The first-order valence-corrected chi connectivity index (χ1v) is 9.70. The van der Waals surface area contributed by atoms with E-state index in [2.05, 4.69) is 5.32 Å². The number of halogens is 1. The van der Waals surface area contributed by atoms with Crippen LogP contribution in [-0.4, -0.2) is 42.9 Å². The number of nitrogens with two attached hydrogens (primary N) is 1. The van der Waals surface area contributed by atoms with Gasteiger partial charge in [0, 0.05) is 6.54 Å². The molecule has 2 atom stereocenters. The molecule has 2 unspecified atom stereocenters. The molecule has 0 aliphatic rings. The number of carbonyl (C=O) groups excluding carboxylic acids is 1. The molecule has 29 heavy (non-hydrogen) atoms. The van der Waals surface area contributed by atoms with Gasteiger partial charge < -0.3 is 25.6 Å². The monoisotopic (exact) mass is 422 g/mol. The number of aliphatic hydroxyl groups excluding tert-OH is 1. The number of ether oxygens (including phenoxy) is 2. The fourth-order valence-electron chi connectivity index (χ4n) is 2.69. The minimum Gasteiger partial charge on any atom is -0.491 e. The van der Waals surface area contributed by atoms with Gasteiger partial charge in [0.15, 0.2) is 6.10 Å². The highest BCUT2D eigenvalue weighted by Crippen LogP contribution is 2.16. The number of hydrogen-bond donors (Lipinski definition) is 3. The summed E-state index contributed by atoms with van der Waals surface area (Å²) < 4.78 is 11.2. The second-order valence-corrected chi connectivity index (χ2v) is 6.67. The van der Waals surface area contributed by atoms with E-state index in [0.717, 1.165) is 30.7 Å². The van der Waals surface area contributed by atoms with E-state index in [1.807, 2.05) is 61.5 Å². The minimum atomic E-state index is -0.586. The van der Waals surface area contributed by atoms with Crippen LogP contribution in [0.3, 0.4) is 0 Å². The van der Waals surface area contributed by atoms with Gasteiger partial charge in [-0.3, -0.25) is 4.79 Å². The van der Waals surface area contributed by atoms with Crippen molar-refractivity contribution in [3.05, 3.63) is 60.2 Å². The fourth-order valence-corrected chi connectivity index (χ4v) is 2.69. The minimum absolute atomic E-state index is 0. The summed E-state index contributed by atoms with van der Waals surface area (Å²) in [6.07, 6.45) is 1.11.